The van der Waals surface area contributed by atoms with Crippen molar-refractivity contribution in [3.8, 4) is 0 Å². The maximum Gasteiger partial charge on any atom is 0.143 e. The summed E-state index contributed by atoms with van der Waals surface area (Å²) in [6, 6.07) is 6.57. The molecule has 1 saturated carbocycles. The summed E-state index contributed by atoms with van der Waals surface area (Å²) in [5, 5.41) is 4.94. The maximum absolute atomic E-state index is 4.99. The molecule has 128 valence electrons. The van der Waals surface area contributed by atoms with Crippen LogP contribution in [0, 0.1) is 13.8 Å². The predicted octanol–water partition coefficient (Wildman–Crippen LogP) is 5.81. The van der Waals surface area contributed by atoms with Gasteiger partial charge in [-0.2, -0.15) is 0 Å². The first-order valence-corrected chi connectivity index (χ1v) is 10.2. The van der Waals surface area contributed by atoms with Crippen LogP contribution in [0.3, 0.4) is 0 Å². The maximum atomic E-state index is 4.99. The second-order valence-electron chi connectivity index (χ2n) is 7.54. The summed E-state index contributed by atoms with van der Waals surface area (Å²) in [6.07, 6.45) is 7.44. The van der Waals surface area contributed by atoms with E-state index in [0.29, 0.717) is 5.92 Å². The smallest absolute Gasteiger partial charge is 0.143 e. The molecule has 2 heterocycles. The number of nitrogens with zero attached hydrogens (tertiary/aromatic N) is 2. The Bertz CT molecular complexity index is 969. The Balaban J connectivity index is 1.67. The lowest BCUT2D eigenvalue weighted by Gasteiger charge is -2.14. The van der Waals surface area contributed by atoms with Crippen molar-refractivity contribution >= 4 is 33.1 Å². The van der Waals surface area contributed by atoms with Gasteiger partial charge in [-0.15, -0.1) is 11.3 Å². The number of aryl methyl sites for hydroxylation is 4. The number of fused-ring (bicyclic) bond motifs is 3. The zero-order valence-electron chi connectivity index (χ0n) is 14.9. The highest BCUT2D eigenvalue weighted by molar-refractivity contribution is 7.19. The van der Waals surface area contributed by atoms with E-state index in [9.17, 15) is 0 Å². The first-order chi connectivity index (χ1) is 12.2. The number of thiophene rings is 1. The first-order valence-electron chi connectivity index (χ1n) is 9.35. The highest BCUT2D eigenvalue weighted by Gasteiger charge is 2.29. The molecule has 0 saturated heterocycles. The van der Waals surface area contributed by atoms with Crippen molar-refractivity contribution in [3.63, 3.8) is 0 Å². The van der Waals surface area contributed by atoms with Crippen LogP contribution in [-0.2, 0) is 12.8 Å². The Kier molecular flexibility index (Phi) is 3.56. The van der Waals surface area contributed by atoms with E-state index in [1.165, 1.54) is 70.3 Å². The lowest BCUT2D eigenvalue weighted by Crippen LogP contribution is -2.04. The van der Waals surface area contributed by atoms with Gasteiger partial charge in [0.1, 0.15) is 16.5 Å². The number of benzene rings is 1. The Labute approximate surface area is 152 Å². The summed E-state index contributed by atoms with van der Waals surface area (Å²) in [7, 11) is 0. The van der Waals surface area contributed by atoms with Crippen molar-refractivity contribution in [2.24, 2.45) is 0 Å². The van der Waals surface area contributed by atoms with Crippen LogP contribution in [0.1, 0.15) is 59.0 Å². The van der Waals surface area contributed by atoms with Gasteiger partial charge in [0.05, 0.1) is 5.39 Å². The van der Waals surface area contributed by atoms with Gasteiger partial charge in [0.25, 0.3) is 0 Å². The largest absolute Gasteiger partial charge is 0.339 e. The van der Waals surface area contributed by atoms with Crippen molar-refractivity contribution in [1.82, 2.24) is 9.97 Å². The van der Waals surface area contributed by atoms with Crippen molar-refractivity contribution in [2.75, 3.05) is 5.32 Å². The van der Waals surface area contributed by atoms with Gasteiger partial charge in [-0.3, -0.25) is 0 Å². The van der Waals surface area contributed by atoms with Crippen LogP contribution < -0.4 is 5.32 Å². The van der Waals surface area contributed by atoms with Crippen LogP contribution in [0.2, 0.25) is 0 Å². The van der Waals surface area contributed by atoms with Crippen LogP contribution >= 0.6 is 11.3 Å². The van der Waals surface area contributed by atoms with Crippen LogP contribution in [0.4, 0.5) is 11.5 Å². The van der Waals surface area contributed by atoms with Crippen molar-refractivity contribution < 1.29 is 0 Å². The molecular weight excluding hydrogens is 326 g/mol. The van der Waals surface area contributed by atoms with E-state index >= 15 is 0 Å². The van der Waals surface area contributed by atoms with Gasteiger partial charge in [0.2, 0.25) is 0 Å². The molecule has 0 amide bonds. The Hall–Kier alpha value is -1.94. The van der Waals surface area contributed by atoms with Gasteiger partial charge >= 0.3 is 0 Å². The molecule has 0 atom stereocenters. The molecule has 0 radical (unpaired) electrons. The van der Waals surface area contributed by atoms with Crippen LogP contribution in [0.25, 0.3) is 10.2 Å². The molecule has 1 N–H and O–H groups in total. The molecular formula is C21H23N3S. The third kappa shape index (κ3) is 2.73. The molecule has 1 aromatic carbocycles. The fourth-order valence-corrected chi connectivity index (χ4v) is 5.14. The van der Waals surface area contributed by atoms with Crippen LogP contribution in [0.15, 0.2) is 18.2 Å². The number of aromatic nitrogens is 2. The van der Waals surface area contributed by atoms with Crippen molar-refractivity contribution in [2.45, 2.75) is 58.3 Å². The van der Waals surface area contributed by atoms with Crippen LogP contribution in [0.5, 0.6) is 0 Å². The standard InChI is InChI=1S/C21H23N3S/c1-12-7-10-16(13(2)11-12)22-20-18-15-5-3-4-6-17(15)25-21(18)24-19(23-20)14-8-9-14/h7,10-11,14H,3-6,8-9H2,1-2H3,(H,22,23,24). The van der Waals surface area contributed by atoms with Crippen molar-refractivity contribution in [1.29, 1.82) is 0 Å². The Morgan fingerprint density at radius 3 is 2.72 bits per heavy atom. The average molecular weight is 350 g/mol. The number of hydrogen-bond acceptors (Lipinski definition) is 4. The van der Waals surface area contributed by atoms with E-state index in [1.54, 1.807) is 0 Å². The molecule has 3 nitrogen and oxygen atoms in total. The molecule has 2 aliphatic rings. The summed E-state index contributed by atoms with van der Waals surface area (Å²) in [5.41, 5.74) is 5.22. The second kappa shape index (κ2) is 5.80. The Morgan fingerprint density at radius 1 is 1.08 bits per heavy atom. The molecule has 0 aliphatic heterocycles. The monoisotopic (exact) mass is 349 g/mol. The van der Waals surface area contributed by atoms with Crippen molar-refractivity contribution in [3.05, 3.63) is 45.6 Å². The average Bonchev–Trinajstić information content (AvgIpc) is 3.38. The summed E-state index contributed by atoms with van der Waals surface area (Å²) in [5.74, 6) is 2.64. The first kappa shape index (κ1) is 15.3. The minimum atomic E-state index is 0.572. The molecule has 2 aromatic heterocycles. The van der Waals surface area contributed by atoms with E-state index in [2.05, 4.69) is 37.4 Å². The molecule has 25 heavy (non-hydrogen) atoms. The molecule has 0 bridgehead atoms. The van der Waals surface area contributed by atoms with E-state index in [1.807, 2.05) is 11.3 Å². The van der Waals surface area contributed by atoms with E-state index in [-0.39, 0.29) is 0 Å². The van der Waals surface area contributed by atoms with Gasteiger partial charge in [0, 0.05) is 16.5 Å². The topological polar surface area (TPSA) is 37.8 Å². The van der Waals surface area contributed by atoms with Gasteiger partial charge in [-0.25, -0.2) is 9.97 Å². The molecule has 1 fully saturated rings. The number of anilines is 2. The normalized spacial score (nSPS) is 16.9. The minimum absolute atomic E-state index is 0.572. The molecule has 0 spiro atoms. The number of nitrogens with one attached hydrogen (secondary N) is 1. The van der Waals surface area contributed by atoms with E-state index in [0.717, 1.165) is 17.3 Å². The molecule has 4 heteroatoms. The lowest BCUT2D eigenvalue weighted by atomic mass is 9.97. The highest BCUT2D eigenvalue weighted by atomic mass is 32.1. The van der Waals surface area contributed by atoms with E-state index < -0.39 is 0 Å². The summed E-state index contributed by atoms with van der Waals surface area (Å²) in [4.78, 5) is 12.7. The summed E-state index contributed by atoms with van der Waals surface area (Å²) in [6.45, 7) is 4.30. The summed E-state index contributed by atoms with van der Waals surface area (Å²) < 4.78 is 0. The predicted molar refractivity (Wildman–Crippen MR) is 105 cm³/mol. The SMILES string of the molecule is Cc1ccc(Nc2nc(C3CC3)nc3sc4c(c23)CCCC4)c(C)c1. The molecule has 0 unspecified atom stereocenters. The fraction of sp³-hybridized carbons (Fsp3) is 0.429. The second-order valence-corrected chi connectivity index (χ2v) is 8.62. The molecule has 5 rings (SSSR count). The highest BCUT2D eigenvalue weighted by Crippen LogP contribution is 2.43. The zero-order valence-corrected chi connectivity index (χ0v) is 15.7. The van der Waals surface area contributed by atoms with Gasteiger partial charge in [0.15, 0.2) is 0 Å². The third-order valence-corrected chi connectivity index (χ3v) is 6.60. The van der Waals surface area contributed by atoms with Gasteiger partial charge < -0.3 is 5.32 Å². The number of hydrogen-bond donors (Lipinski definition) is 1. The van der Waals surface area contributed by atoms with Gasteiger partial charge in [-0.05, 0) is 69.6 Å². The molecule has 3 aromatic rings. The summed E-state index contributed by atoms with van der Waals surface area (Å²) >= 11 is 1.90. The fourth-order valence-electron chi connectivity index (χ4n) is 3.87. The molecule has 2 aliphatic carbocycles. The minimum Gasteiger partial charge on any atom is -0.339 e. The van der Waals surface area contributed by atoms with Gasteiger partial charge in [-0.1, -0.05) is 17.7 Å². The lowest BCUT2D eigenvalue weighted by molar-refractivity contribution is 0.700. The zero-order chi connectivity index (χ0) is 17.0. The van der Waals surface area contributed by atoms with Crippen LogP contribution in [-0.4, -0.2) is 9.97 Å². The Morgan fingerprint density at radius 2 is 1.92 bits per heavy atom. The number of rotatable bonds is 3. The van der Waals surface area contributed by atoms with E-state index in [4.69, 9.17) is 9.97 Å². The third-order valence-electron chi connectivity index (χ3n) is 5.41. The quantitative estimate of drug-likeness (QED) is 0.648.